The van der Waals surface area contributed by atoms with E-state index in [1.807, 2.05) is 23.6 Å². The normalized spacial score (nSPS) is 10.4. The second-order valence-corrected chi connectivity index (χ2v) is 5.27. The first-order valence-corrected chi connectivity index (χ1v) is 7.22. The minimum absolute atomic E-state index is 0.140. The largest absolute Gasteiger partial charge is 0.507 e. The zero-order chi connectivity index (χ0) is 15.5. The lowest BCUT2D eigenvalue weighted by molar-refractivity contribution is 0.0694. The summed E-state index contributed by atoms with van der Waals surface area (Å²) in [4.78, 5) is 19.5. The molecule has 2 heterocycles. The number of aromatic nitrogens is 2. The van der Waals surface area contributed by atoms with Gasteiger partial charge in [0, 0.05) is 23.3 Å². The maximum absolute atomic E-state index is 10.9. The van der Waals surface area contributed by atoms with Gasteiger partial charge in [0.2, 0.25) is 0 Å². The molecule has 3 N–H and O–H groups in total. The third kappa shape index (κ3) is 2.89. The number of nitrogens with zero attached hydrogens (tertiary/aromatic N) is 2. The Kier molecular flexibility index (Phi) is 3.71. The van der Waals surface area contributed by atoms with Crippen LogP contribution in [-0.4, -0.2) is 26.2 Å². The van der Waals surface area contributed by atoms with Crippen molar-refractivity contribution in [3.8, 4) is 17.1 Å². The smallest absolute Gasteiger partial charge is 0.339 e. The summed E-state index contributed by atoms with van der Waals surface area (Å²) in [6.45, 7) is 0. The molecule has 110 valence electrons. The van der Waals surface area contributed by atoms with Crippen LogP contribution in [0.15, 0.2) is 48.0 Å². The Bertz CT molecular complexity index is 818. The van der Waals surface area contributed by atoms with Crippen molar-refractivity contribution < 1.29 is 15.0 Å². The molecule has 0 unspecified atom stereocenters. The molecule has 0 radical (unpaired) electrons. The van der Waals surface area contributed by atoms with Crippen LogP contribution < -0.4 is 5.32 Å². The van der Waals surface area contributed by atoms with Crippen molar-refractivity contribution in [2.24, 2.45) is 0 Å². The van der Waals surface area contributed by atoms with E-state index in [9.17, 15) is 9.90 Å². The first-order chi connectivity index (χ1) is 10.6. The topological polar surface area (TPSA) is 95.3 Å². The molecule has 0 saturated heterocycles. The van der Waals surface area contributed by atoms with Crippen molar-refractivity contribution in [3.05, 3.63) is 53.5 Å². The van der Waals surface area contributed by atoms with Crippen molar-refractivity contribution in [2.75, 3.05) is 5.32 Å². The minimum atomic E-state index is -1.17. The Morgan fingerprint density at radius 3 is 2.73 bits per heavy atom. The molecular weight excluding hydrogens is 302 g/mol. The summed E-state index contributed by atoms with van der Waals surface area (Å²) in [5.41, 5.74) is 1.94. The SMILES string of the molecule is O=C(O)c1ccc(Nc2nc(-c3ccccn3)cs2)cc1O. The highest BCUT2D eigenvalue weighted by Crippen LogP contribution is 2.28. The Balaban J connectivity index is 1.81. The summed E-state index contributed by atoms with van der Waals surface area (Å²) in [5, 5.41) is 24.1. The first-order valence-electron chi connectivity index (χ1n) is 6.34. The summed E-state index contributed by atoms with van der Waals surface area (Å²) in [6.07, 6.45) is 1.70. The number of rotatable bonds is 4. The maximum Gasteiger partial charge on any atom is 0.339 e. The lowest BCUT2D eigenvalue weighted by Gasteiger charge is -2.05. The van der Waals surface area contributed by atoms with E-state index in [1.165, 1.54) is 23.5 Å². The van der Waals surface area contributed by atoms with Crippen molar-refractivity contribution in [1.82, 2.24) is 9.97 Å². The van der Waals surface area contributed by atoms with Crippen LogP contribution in [0.1, 0.15) is 10.4 Å². The van der Waals surface area contributed by atoms with E-state index < -0.39 is 5.97 Å². The number of anilines is 2. The number of aromatic hydroxyl groups is 1. The van der Waals surface area contributed by atoms with E-state index in [2.05, 4.69) is 15.3 Å². The van der Waals surface area contributed by atoms with Crippen LogP contribution >= 0.6 is 11.3 Å². The third-order valence-electron chi connectivity index (χ3n) is 2.91. The van der Waals surface area contributed by atoms with Gasteiger partial charge in [-0.3, -0.25) is 4.98 Å². The van der Waals surface area contributed by atoms with Gasteiger partial charge < -0.3 is 15.5 Å². The second-order valence-electron chi connectivity index (χ2n) is 4.41. The molecule has 0 spiro atoms. The average molecular weight is 313 g/mol. The molecule has 0 bridgehead atoms. The van der Waals surface area contributed by atoms with Crippen LogP contribution in [-0.2, 0) is 0 Å². The van der Waals surface area contributed by atoms with Gasteiger partial charge in [0.25, 0.3) is 0 Å². The molecule has 3 rings (SSSR count). The summed E-state index contributed by atoms with van der Waals surface area (Å²) >= 11 is 1.40. The van der Waals surface area contributed by atoms with E-state index in [4.69, 9.17) is 5.11 Å². The van der Waals surface area contributed by atoms with Crippen LogP contribution in [0.2, 0.25) is 0 Å². The van der Waals surface area contributed by atoms with E-state index in [-0.39, 0.29) is 11.3 Å². The predicted molar refractivity (Wildman–Crippen MR) is 83.7 cm³/mol. The van der Waals surface area contributed by atoms with Gasteiger partial charge >= 0.3 is 5.97 Å². The molecule has 0 atom stereocenters. The molecule has 0 aliphatic rings. The van der Waals surface area contributed by atoms with Gasteiger partial charge in [-0.05, 0) is 24.3 Å². The quantitative estimate of drug-likeness (QED) is 0.683. The number of benzene rings is 1. The number of carbonyl (C=O) groups is 1. The van der Waals surface area contributed by atoms with E-state index in [0.29, 0.717) is 10.8 Å². The molecular formula is C15H11N3O3S. The van der Waals surface area contributed by atoms with Crippen molar-refractivity contribution in [2.45, 2.75) is 0 Å². The van der Waals surface area contributed by atoms with Crippen molar-refractivity contribution >= 4 is 28.1 Å². The molecule has 1 aromatic carbocycles. The third-order valence-corrected chi connectivity index (χ3v) is 3.67. The molecule has 0 amide bonds. The minimum Gasteiger partial charge on any atom is -0.507 e. The Morgan fingerprint density at radius 2 is 2.05 bits per heavy atom. The molecule has 0 aliphatic carbocycles. The number of hydrogen-bond donors (Lipinski definition) is 3. The van der Waals surface area contributed by atoms with Crippen LogP contribution in [0, 0.1) is 0 Å². The standard InChI is InChI=1S/C15H11N3O3S/c19-13-7-9(4-5-10(13)14(20)21)17-15-18-12(8-22-15)11-3-1-2-6-16-11/h1-8,19H,(H,17,18)(H,20,21). The van der Waals surface area contributed by atoms with Gasteiger partial charge in [-0.2, -0.15) is 0 Å². The highest BCUT2D eigenvalue weighted by molar-refractivity contribution is 7.14. The van der Waals surface area contributed by atoms with E-state index in [1.54, 1.807) is 12.3 Å². The van der Waals surface area contributed by atoms with Gasteiger partial charge in [-0.15, -0.1) is 11.3 Å². The molecule has 0 saturated carbocycles. The Hall–Kier alpha value is -2.93. The number of hydrogen-bond acceptors (Lipinski definition) is 6. The molecule has 7 heteroatoms. The summed E-state index contributed by atoms with van der Waals surface area (Å²) in [6, 6.07) is 9.86. The zero-order valence-electron chi connectivity index (χ0n) is 11.2. The number of carboxylic acid groups (broad SMARTS) is 1. The van der Waals surface area contributed by atoms with Crippen LogP contribution in [0.25, 0.3) is 11.4 Å². The zero-order valence-corrected chi connectivity index (χ0v) is 12.0. The number of nitrogens with one attached hydrogen (secondary N) is 1. The monoisotopic (exact) mass is 313 g/mol. The average Bonchev–Trinajstić information content (AvgIpc) is 2.96. The number of phenols is 1. The highest BCUT2D eigenvalue weighted by Gasteiger charge is 2.11. The number of aromatic carboxylic acids is 1. The van der Waals surface area contributed by atoms with Gasteiger partial charge in [0.15, 0.2) is 5.13 Å². The Morgan fingerprint density at radius 1 is 1.18 bits per heavy atom. The fourth-order valence-electron chi connectivity index (χ4n) is 1.88. The van der Waals surface area contributed by atoms with Gasteiger partial charge in [-0.1, -0.05) is 6.07 Å². The van der Waals surface area contributed by atoms with E-state index in [0.717, 1.165) is 11.4 Å². The number of carboxylic acids is 1. The summed E-state index contributed by atoms with van der Waals surface area (Å²) in [5.74, 6) is -1.46. The van der Waals surface area contributed by atoms with Crippen LogP contribution in [0.3, 0.4) is 0 Å². The molecule has 3 aromatic rings. The van der Waals surface area contributed by atoms with Gasteiger partial charge in [-0.25, -0.2) is 9.78 Å². The highest BCUT2D eigenvalue weighted by atomic mass is 32.1. The Labute approximate surface area is 129 Å². The second kappa shape index (κ2) is 5.82. The lowest BCUT2D eigenvalue weighted by atomic mass is 10.2. The molecule has 22 heavy (non-hydrogen) atoms. The molecule has 6 nitrogen and oxygen atoms in total. The maximum atomic E-state index is 10.9. The molecule has 2 aromatic heterocycles. The van der Waals surface area contributed by atoms with Crippen molar-refractivity contribution in [1.29, 1.82) is 0 Å². The first kappa shape index (κ1) is 14.0. The summed E-state index contributed by atoms with van der Waals surface area (Å²) < 4.78 is 0. The number of pyridine rings is 1. The number of thiazole rings is 1. The molecule has 0 fully saturated rings. The molecule has 0 aliphatic heterocycles. The summed E-state index contributed by atoms with van der Waals surface area (Å²) in [7, 11) is 0. The fraction of sp³-hybridized carbons (Fsp3) is 0. The predicted octanol–water partition coefficient (Wildman–Crippen LogP) is 3.35. The van der Waals surface area contributed by atoms with Crippen LogP contribution in [0.5, 0.6) is 5.75 Å². The lowest BCUT2D eigenvalue weighted by Crippen LogP contribution is -1.97. The van der Waals surface area contributed by atoms with E-state index >= 15 is 0 Å². The van der Waals surface area contributed by atoms with Gasteiger partial charge in [0.1, 0.15) is 17.0 Å². The van der Waals surface area contributed by atoms with Crippen molar-refractivity contribution in [3.63, 3.8) is 0 Å². The fourth-order valence-corrected chi connectivity index (χ4v) is 2.60. The van der Waals surface area contributed by atoms with Crippen LogP contribution in [0.4, 0.5) is 10.8 Å². The van der Waals surface area contributed by atoms with Gasteiger partial charge in [0.05, 0.1) is 5.69 Å².